The van der Waals surface area contributed by atoms with Gasteiger partial charge in [-0.25, -0.2) is 5.11 Å². The summed E-state index contributed by atoms with van der Waals surface area (Å²) in [5.74, 6) is 0. The van der Waals surface area contributed by atoms with Gasteiger partial charge in [0.2, 0.25) is 0 Å². The standard InChI is InChI=1S/C15H13O/c16-13-9-12-7-4-8-14(15(12)10-13)11-5-2-1-3-6-11/h1-8,13H,9-10H2. The Kier molecular flexibility index (Phi) is 2.26. The fourth-order valence-corrected chi connectivity index (χ4v) is 2.50. The van der Waals surface area contributed by atoms with Gasteiger partial charge in [0.15, 0.2) is 0 Å². The van der Waals surface area contributed by atoms with Crippen LogP contribution in [0.4, 0.5) is 0 Å². The molecule has 16 heavy (non-hydrogen) atoms. The number of rotatable bonds is 1. The molecule has 2 aromatic carbocycles. The zero-order chi connectivity index (χ0) is 11.0. The minimum atomic E-state index is -0.445. The fourth-order valence-electron chi connectivity index (χ4n) is 2.50. The molecule has 1 atom stereocenters. The van der Waals surface area contributed by atoms with Crippen molar-refractivity contribution in [2.24, 2.45) is 0 Å². The van der Waals surface area contributed by atoms with E-state index in [0.717, 1.165) is 0 Å². The van der Waals surface area contributed by atoms with Gasteiger partial charge in [-0.3, -0.25) is 0 Å². The highest BCUT2D eigenvalue weighted by Gasteiger charge is 2.23. The Labute approximate surface area is 95.4 Å². The lowest BCUT2D eigenvalue weighted by Gasteiger charge is -2.07. The van der Waals surface area contributed by atoms with Crippen LogP contribution in [0, 0.1) is 0 Å². The van der Waals surface area contributed by atoms with Crippen molar-refractivity contribution in [3.63, 3.8) is 0 Å². The van der Waals surface area contributed by atoms with Gasteiger partial charge in [-0.2, -0.15) is 0 Å². The molecule has 0 heterocycles. The number of hydrogen-bond acceptors (Lipinski definition) is 0. The van der Waals surface area contributed by atoms with E-state index in [1.807, 2.05) is 18.2 Å². The van der Waals surface area contributed by atoms with E-state index in [1.54, 1.807) is 0 Å². The fraction of sp³-hybridized carbons (Fsp3) is 0.200. The molecule has 1 heteroatoms. The second-order valence-electron chi connectivity index (χ2n) is 4.34. The van der Waals surface area contributed by atoms with Crippen molar-refractivity contribution < 1.29 is 5.11 Å². The van der Waals surface area contributed by atoms with Crippen molar-refractivity contribution in [3.05, 3.63) is 59.7 Å². The van der Waals surface area contributed by atoms with Crippen molar-refractivity contribution in [1.82, 2.24) is 0 Å². The smallest absolute Gasteiger partial charge is 0.101 e. The Hall–Kier alpha value is -1.60. The summed E-state index contributed by atoms with van der Waals surface area (Å²) >= 11 is 0. The largest absolute Gasteiger partial charge is 0.232 e. The summed E-state index contributed by atoms with van der Waals surface area (Å²) in [4.78, 5) is 0. The first-order valence-electron chi connectivity index (χ1n) is 5.66. The summed E-state index contributed by atoms with van der Waals surface area (Å²) in [5.41, 5.74) is 4.94. The summed E-state index contributed by atoms with van der Waals surface area (Å²) in [7, 11) is 0. The molecular formula is C15H13O. The van der Waals surface area contributed by atoms with Crippen molar-refractivity contribution in [3.8, 4) is 11.1 Å². The maximum absolute atomic E-state index is 11.6. The number of fused-ring (bicyclic) bond motifs is 1. The van der Waals surface area contributed by atoms with E-state index >= 15 is 0 Å². The van der Waals surface area contributed by atoms with Crippen LogP contribution in [-0.4, -0.2) is 6.10 Å². The minimum Gasteiger partial charge on any atom is -0.232 e. The lowest BCUT2D eigenvalue weighted by atomic mass is 9.97. The van der Waals surface area contributed by atoms with Crippen molar-refractivity contribution in [2.75, 3.05) is 0 Å². The van der Waals surface area contributed by atoms with E-state index in [-0.39, 0.29) is 0 Å². The van der Waals surface area contributed by atoms with E-state index < -0.39 is 6.10 Å². The zero-order valence-electron chi connectivity index (χ0n) is 9.02. The molecule has 0 amide bonds. The predicted molar refractivity (Wildman–Crippen MR) is 63.8 cm³/mol. The van der Waals surface area contributed by atoms with Crippen molar-refractivity contribution >= 4 is 0 Å². The van der Waals surface area contributed by atoms with Crippen LogP contribution in [0.3, 0.4) is 0 Å². The maximum atomic E-state index is 11.6. The van der Waals surface area contributed by atoms with Crippen molar-refractivity contribution in [1.29, 1.82) is 0 Å². The molecule has 1 aliphatic carbocycles. The highest BCUT2D eigenvalue weighted by atomic mass is 16.3. The molecule has 0 spiro atoms. The third-order valence-corrected chi connectivity index (χ3v) is 3.24. The van der Waals surface area contributed by atoms with Gasteiger partial charge in [-0.05, 0) is 22.3 Å². The quantitative estimate of drug-likeness (QED) is 0.687. The van der Waals surface area contributed by atoms with Gasteiger partial charge in [0, 0.05) is 12.8 Å². The van der Waals surface area contributed by atoms with E-state index in [1.165, 1.54) is 22.3 Å². The van der Waals surface area contributed by atoms with Crippen LogP contribution in [0.1, 0.15) is 11.1 Å². The molecule has 1 aliphatic rings. The molecule has 1 nitrogen and oxygen atoms in total. The normalized spacial score (nSPS) is 18.4. The van der Waals surface area contributed by atoms with E-state index in [0.29, 0.717) is 12.8 Å². The van der Waals surface area contributed by atoms with Crippen LogP contribution in [0.15, 0.2) is 48.5 Å². The first-order valence-corrected chi connectivity index (χ1v) is 5.66. The van der Waals surface area contributed by atoms with E-state index in [2.05, 4.69) is 30.3 Å². The van der Waals surface area contributed by atoms with Crippen LogP contribution < -0.4 is 0 Å². The third kappa shape index (κ3) is 1.54. The Bertz CT molecular complexity index is 502. The molecule has 3 rings (SSSR count). The predicted octanol–water partition coefficient (Wildman–Crippen LogP) is 3.25. The molecule has 0 saturated carbocycles. The maximum Gasteiger partial charge on any atom is 0.101 e. The zero-order valence-corrected chi connectivity index (χ0v) is 9.02. The molecule has 0 N–H and O–H groups in total. The Morgan fingerprint density at radius 1 is 0.875 bits per heavy atom. The van der Waals surface area contributed by atoms with Gasteiger partial charge in [-0.15, -0.1) is 0 Å². The van der Waals surface area contributed by atoms with Gasteiger partial charge in [0.05, 0.1) is 0 Å². The summed E-state index contributed by atoms with van der Waals surface area (Å²) in [5, 5.41) is 11.6. The van der Waals surface area contributed by atoms with Gasteiger partial charge < -0.3 is 0 Å². The van der Waals surface area contributed by atoms with Crippen molar-refractivity contribution in [2.45, 2.75) is 18.9 Å². The van der Waals surface area contributed by atoms with Crippen LogP contribution in [0.25, 0.3) is 11.1 Å². The minimum absolute atomic E-state index is 0.445. The molecule has 0 bridgehead atoms. The Balaban J connectivity index is 2.14. The molecule has 0 saturated heterocycles. The monoisotopic (exact) mass is 209 g/mol. The molecule has 0 fully saturated rings. The third-order valence-electron chi connectivity index (χ3n) is 3.24. The van der Waals surface area contributed by atoms with Crippen LogP contribution in [0.2, 0.25) is 0 Å². The Morgan fingerprint density at radius 3 is 2.50 bits per heavy atom. The van der Waals surface area contributed by atoms with Gasteiger partial charge in [-0.1, -0.05) is 48.5 Å². The van der Waals surface area contributed by atoms with E-state index in [9.17, 15) is 5.11 Å². The molecular weight excluding hydrogens is 196 g/mol. The topological polar surface area (TPSA) is 19.9 Å². The molecule has 0 aromatic heterocycles. The summed E-state index contributed by atoms with van der Waals surface area (Å²) in [6.07, 6.45) is 0.927. The highest BCUT2D eigenvalue weighted by molar-refractivity contribution is 5.69. The van der Waals surface area contributed by atoms with Gasteiger partial charge in [0.25, 0.3) is 0 Å². The first-order chi connectivity index (χ1) is 7.84. The second-order valence-corrected chi connectivity index (χ2v) is 4.34. The average molecular weight is 209 g/mol. The second kappa shape index (κ2) is 3.76. The SMILES string of the molecule is [O]C1Cc2cccc(-c3ccccc3)c2C1. The van der Waals surface area contributed by atoms with Crippen LogP contribution in [0.5, 0.6) is 0 Å². The van der Waals surface area contributed by atoms with E-state index in [4.69, 9.17) is 0 Å². The lowest BCUT2D eigenvalue weighted by molar-refractivity contribution is 0.0987. The van der Waals surface area contributed by atoms with Crippen LogP contribution in [-0.2, 0) is 17.9 Å². The van der Waals surface area contributed by atoms with Gasteiger partial charge >= 0.3 is 0 Å². The van der Waals surface area contributed by atoms with Crippen LogP contribution >= 0.6 is 0 Å². The molecule has 79 valence electrons. The first kappa shape index (κ1) is 9.61. The molecule has 0 aliphatic heterocycles. The Morgan fingerprint density at radius 2 is 1.69 bits per heavy atom. The molecule has 1 unspecified atom stereocenters. The number of benzene rings is 2. The lowest BCUT2D eigenvalue weighted by Crippen LogP contribution is -2.01. The summed E-state index contributed by atoms with van der Waals surface area (Å²) in [6.45, 7) is 0. The molecule has 1 radical (unpaired) electrons. The summed E-state index contributed by atoms with van der Waals surface area (Å²) < 4.78 is 0. The highest BCUT2D eigenvalue weighted by Crippen LogP contribution is 2.32. The average Bonchev–Trinajstić information content (AvgIpc) is 2.70. The van der Waals surface area contributed by atoms with Gasteiger partial charge in [0.1, 0.15) is 6.10 Å². The molecule has 2 aromatic rings. The summed E-state index contributed by atoms with van der Waals surface area (Å²) in [6, 6.07) is 16.6. The number of hydrogen-bond donors (Lipinski definition) is 0.